The zero-order chi connectivity index (χ0) is 17.6. The van der Waals surface area contributed by atoms with Gasteiger partial charge in [-0.15, -0.1) is 0 Å². The van der Waals surface area contributed by atoms with Gasteiger partial charge in [0.25, 0.3) is 0 Å². The molecule has 2 N–H and O–H groups in total. The van der Waals surface area contributed by atoms with Crippen molar-refractivity contribution < 1.29 is 14.4 Å². The molecule has 0 aromatic heterocycles. The summed E-state index contributed by atoms with van der Waals surface area (Å²) in [4.78, 5) is 38.6. The van der Waals surface area contributed by atoms with Crippen molar-refractivity contribution in [2.75, 3.05) is 19.6 Å². The second kappa shape index (κ2) is 8.14. The van der Waals surface area contributed by atoms with Gasteiger partial charge in [0, 0.05) is 19.6 Å². The number of piperidine rings is 2. The van der Waals surface area contributed by atoms with Gasteiger partial charge in [-0.2, -0.15) is 0 Å². The molecule has 0 bridgehead atoms. The summed E-state index contributed by atoms with van der Waals surface area (Å²) in [7, 11) is 0. The van der Waals surface area contributed by atoms with Gasteiger partial charge in [-0.05, 0) is 31.2 Å². The Balaban J connectivity index is 1.54. The van der Waals surface area contributed by atoms with Gasteiger partial charge < -0.3 is 15.5 Å². The van der Waals surface area contributed by atoms with Gasteiger partial charge >= 0.3 is 0 Å². The Kier molecular flexibility index (Phi) is 5.68. The highest BCUT2D eigenvalue weighted by molar-refractivity contribution is 5.89. The van der Waals surface area contributed by atoms with E-state index < -0.39 is 6.04 Å². The first-order valence-electron chi connectivity index (χ1n) is 9.03. The van der Waals surface area contributed by atoms with Crippen molar-refractivity contribution in [3.05, 3.63) is 35.9 Å². The van der Waals surface area contributed by atoms with Crippen molar-refractivity contribution in [2.45, 2.75) is 38.1 Å². The lowest BCUT2D eigenvalue weighted by Gasteiger charge is -2.33. The van der Waals surface area contributed by atoms with E-state index in [9.17, 15) is 14.4 Å². The molecule has 2 aliphatic heterocycles. The van der Waals surface area contributed by atoms with E-state index in [1.165, 1.54) is 0 Å². The molecular weight excluding hydrogens is 318 g/mol. The number of nitrogens with zero attached hydrogens (tertiary/aromatic N) is 1. The van der Waals surface area contributed by atoms with Crippen LogP contribution in [0.15, 0.2) is 30.3 Å². The largest absolute Gasteiger partial charge is 0.354 e. The van der Waals surface area contributed by atoms with E-state index in [2.05, 4.69) is 10.6 Å². The molecule has 2 heterocycles. The summed E-state index contributed by atoms with van der Waals surface area (Å²) < 4.78 is 0. The van der Waals surface area contributed by atoms with Crippen LogP contribution < -0.4 is 10.6 Å². The highest BCUT2D eigenvalue weighted by atomic mass is 16.2. The van der Waals surface area contributed by atoms with Crippen LogP contribution in [0.1, 0.15) is 31.2 Å². The zero-order valence-electron chi connectivity index (χ0n) is 14.4. The second-order valence-corrected chi connectivity index (χ2v) is 6.84. The van der Waals surface area contributed by atoms with Crippen LogP contribution in [-0.4, -0.2) is 48.3 Å². The molecule has 2 aliphatic rings. The molecule has 2 fully saturated rings. The lowest BCUT2D eigenvalue weighted by atomic mass is 9.95. The van der Waals surface area contributed by atoms with Crippen LogP contribution in [0, 0.1) is 5.92 Å². The molecule has 6 nitrogen and oxygen atoms in total. The SMILES string of the molecule is O=C(N[C@H]1CCCNC1=O)[C@@H]1CCCN(C(=O)Cc2ccccc2)C1. The van der Waals surface area contributed by atoms with Crippen LogP contribution in [0.25, 0.3) is 0 Å². The van der Waals surface area contributed by atoms with Gasteiger partial charge in [-0.25, -0.2) is 0 Å². The molecule has 3 rings (SSSR count). The predicted octanol–water partition coefficient (Wildman–Crippen LogP) is 0.863. The maximum absolute atomic E-state index is 12.5. The number of rotatable bonds is 4. The first-order chi connectivity index (χ1) is 12.1. The summed E-state index contributed by atoms with van der Waals surface area (Å²) in [5.41, 5.74) is 0.984. The monoisotopic (exact) mass is 343 g/mol. The molecule has 25 heavy (non-hydrogen) atoms. The smallest absolute Gasteiger partial charge is 0.242 e. The van der Waals surface area contributed by atoms with Crippen LogP contribution in [0.5, 0.6) is 0 Å². The molecule has 6 heteroatoms. The molecule has 0 spiro atoms. The van der Waals surface area contributed by atoms with E-state index in [-0.39, 0.29) is 23.6 Å². The van der Waals surface area contributed by atoms with Crippen molar-refractivity contribution in [3.8, 4) is 0 Å². The molecule has 1 aromatic rings. The van der Waals surface area contributed by atoms with Crippen LogP contribution in [0.4, 0.5) is 0 Å². The molecule has 2 atom stereocenters. The zero-order valence-corrected chi connectivity index (χ0v) is 14.4. The minimum Gasteiger partial charge on any atom is -0.354 e. The maximum atomic E-state index is 12.5. The number of carbonyl (C=O) groups is 3. The number of benzene rings is 1. The summed E-state index contributed by atoms with van der Waals surface area (Å²) in [6.45, 7) is 1.81. The van der Waals surface area contributed by atoms with Crippen molar-refractivity contribution in [3.63, 3.8) is 0 Å². The quantitative estimate of drug-likeness (QED) is 0.851. The number of hydrogen-bond donors (Lipinski definition) is 2. The maximum Gasteiger partial charge on any atom is 0.242 e. The van der Waals surface area contributed by atoms with Gasteiger partial charge in [0.2, 0.25) is 17.7 Å². The second-order valence-electron chi connectivity index (χ2n) is 6.84. The van der Waals surface area contributed by atoms with E-state index in [1.54, 1.807) is 4.90 Å². The predicted molar refractivity (Wildman–Crippen MR) is 93.6 cm³/mol. The Bertz CT molecular complexity index is 632. The Morgan fingerprint density at radius 2 is 1.96 bits per heavy atom. The first kappa shape index (κ1) is 17.5. The molecule has 134 valence electrons. The normalized spacial score (nSPS) is 23.7. The number of carbonyl (C=O) groups excluding carboxylic acids is 3. The fraction of sp³-hybridized carbons (Fsp3) is 0.526. The van der Waals surface area contributed by atoms with Gasteiger partial charge in [0.15, 0.2) is 0 Å². The standard InChI is InChI=1S/C19H25N3O3/c23-17(12-14-6-2-1-3-7-14)22-11-5-8-15(13-22)18(24)21-16-9-4-10-20-19(16)25/h1-3,6-7,15-16H,4-5,8-13H2,(H,20,25)(H,21,24)/t15-,16+/m1/s1. The summed E-state index contributed by atoms with van der Waals surface area (Å²) in [6.07, 6.45) is 3.50. The van der Waals surface area contributed by atoms with E-state index >= 15 is 0 Å². The third-order valence-corrected chi connectivity index (χ3v) is 4.94. The van der Waals surface area contributed by atoms with Crippen LogP contribution in [0.3, 0.4) is 0 Å². The van der Waals surface area contributed by atoms with Crippen LogP contribution in [-0.2, 0) is 20.8 Å². The number of likely N-dealkylation sites (tertiary alicyclic amines) is 1. The van der Waals surface area contributed by atoms with Gasteiger partial charge in [0.05, 0.1) is 12.3 Å². The van der Waals surface area contributed by atoms with E-state index in [0.29, 0.717) is 32.5 Å². The van der Waals surface area contributed by atoms with Crippen molar-refractivity contribution in [2.24, 2.45) is 5.92 Å². The van der Waals surface area contributed by atoms with Crippen molar-refractivity contribution >= 4 is 17.7 Å². The number of hydrogen-bond acceptors (Lipinski definition) is 3. The highest BCUT2D eigenvalue weighted by Gasteiger charge is 2.31. The number of nitrogens with one attached hydrogen (secondary N) is 2. The summed E-state index contributed by atoms with van der Waals surface area (Å²) in [6, 6.07) is 9.21. The molecule has 0 aliphatic carbocycles. The van der Waals surface area contributed by atoms with Crippen molar-refractivity contribution in [1.29, 1.82) is 0 Å². The minimum absolute atomic E-state index is 0.0547. The fourth-order valence-electron chi connectivity index (χ4n) is 3.50. The average Bonchev–Trinajstić information content (AvgIpc) is 2.64. The fourth-order valence-corrected chi connectivity index (χ4v) is 3.50. The van der Waals surface area contributed by atoms with E-state index in [1.807, 2.05) is 30.3 Å². The third-order valence-electron chi connectivity index (χ3n) is 4.94. The Morgan fingerprint density at radius 3 is 2.72 bits per heavy atom. The summed E-state index contributed by atoms with van der Waals surface area (Å²) >= 11 is 0. The lowest BCUT2D eigenvalue weighted by molar-refractivity contribution is -0.137. The first-order valence-corrected chi connectivity index (χ1v) is 9.03. The topological polar surface area (TPSA) is 78.5 Å². The summed E-state index contributed by atoms with van der Waals surface area (Å²) in [5.74, 6) is -0.394. The Hall–Kier alpha value is -2.37. The van der Waals surface area contributed by atoms with Gasteiger partial charge in [-0.1, -0.05) is 30.3 Å². The molecule has 1 aromatic carbocycles. The average molecular weight is 343 g/mol. The highest BCUT2D eigenvalue weighted by Crippen LogP contribution is 2.18. The molecule has 0 unspecified atom stereocenters. The Labute approximate surface area is 148 Å². The van der Waals surface area contributed by atoms with E-state index in [4.69, 9.17) is 0 Å². The van der Waals surface area contributed by atoms with E-state index in [0.717, 1.165) is 24.8 Å². The number of amides is 3. The van der Waals surface area contributed by atoms with Crippen LogP contribution in [0.2, 0.25) is 0 Å². The van der Waals surface area contributed by atoms with Crippen LogP contribution >= 0.6 is 0 Å². The summed E-state index contributed by atoms with van der Waals surface area (Å²) in [5, 5.41) is 5.64. The lowest BCUT2D eigenvalue weighted by Crippen LogP contribution is -2.53. The molecule has 2 saturated heterocycles. The molecule has 3 amide bonds. The van der Waals surface area contributed by atoms with Gasteiger partial charge in [-0.3, -0.25) is 14.4 Å². The van der Waals surface area contributed by atoms with Crippen molar-refractivity contribution in [1.82, 2.24) is 15.5 Å². The third kappa shape index (κ3) is 4.59. The molecular formula is C19H25N3O3. The Morgan fingerprint density at radius 1 is 1.16 bits per heavy atom. The molecule has 0 radical (unpaired) electrons. The minimum atomic E-state index is -0.434. The van der Waals surface area contributed by atoms with Gasteiger partial charge in [0.1, 0.15) is 6.04 Å². The molecule has 0 saturated carbocycles.